The predicted octanol–water partition coefficient (Wildman–Crippen LogP) is 5.37. The zero-order valence-corrected chi connectivity index (χ0v) is 23.1. The van der Waals surface area contributed by atoms with E-state index in [1.54, 1.807) is 0 Å². The first-order chi connectivity index (χ1) is 19.0. The molecular formula is C31H38N3O5+. The van der Waals surface area contributed by atoms with Gasteiger partial charge >= 0.3 is 11.9 Å². The Morgan fingerprint density at radius 1 is 0.897 bits per heavy atom. The second-order valence-electron chi connectivity index (χ2n) is 9.41. The molecule has 1 aliphatic heterocycles. The highest BCUT2D eigenvalue weighted by Gasteiger charge is 2.17. The van der Waals surface area contributed by atoms with Gasteiger partial charge in [-0.15, -0.1) is 0 Å². The second-order valence-corrected chi connectivity index (χ2v) is 9.41. The minimum Gasteiger partial charge on any atom is -0.466 e. The topological polar surface area (TPSA) is 93.7 Å². The Balaban J connectivity index is 1.73. The minimum atomic E-state index is -0.201. The van der Waals surface area contributed by atoms with E-state index in [0.29, 0.717) is 63.3 Å². The summed E-state index contributed by atoms with van der Waals surface area (Å²) in [6.07, 6.45) is 2.98. The second kappa shape index (κ2) is 13.7. The van der Waals surface area contributed by atoms with Crippen LogP contribution in [-0.2, 0) is 19.1 Å². The number of carbonyl (C=O) groups excluding carboxylic acids is 2. The zero-order valence-electron chi connectivity index (χ0n) is 23.1. The molecule has 8 heteroatoms. The molecule has 0 saturated heterocycles. The molecule has 0 saturated carbocycles. The van der Waals surface area contributed by atoms with Crippen molar-refractivity contribution in [3.63, 3.8) is 0 Å². The molecule has 0 radical (unpaired) electrons. The van der Waals surface area contributed by atoms with Crippen LogP contribution < -0.4 is 15.2 Å². The molecule has 0 unspecified atom stereocenters. The van der Waals surface area contributed by atoms with Gasteiger partial charge < -0.3 is 19.2 Å². The summed E-state index contributed by atoms with van der Waals surface area (Å²) in [5, 5.41) is 6.63. The van der Waals surface area contributed by atoms with Gasteiger partial charge in [-0.25, -0.2) is 9.56 Å². The first-order valence-corrected chi connectivity index (χ1v) is 13.9. The van der Waals surface area contributed by atoms with Gasteiger partial charge in [-0.3, -0.25) is 9.59 Å². The van der Waals surface area contributed by atoms with Gasteiger partial charge in [0.1, 0.15) is 24.3 Å². The molecule has 0 spiro atoms. The number of hydrogen-bond acceptors (Lipinski definition) is 7. The smallest absolute Gasteiger partial charge is 0.306 e. The highest BCUT2D eigenvalue weighted by atomic mass is 16.5. The maximum Gasteiger partial charge on any atom is 0.306 e. The molecule has 0 bridgehead atoms. The largest absolute Gasteiger partial charge is 0.466 e. The Labute approximate surface area is 229 Å². The van der Waals surface area contributed by atoms with Gasteiger partial charge in [-0.05, 0) is 26.3 Å². The molecule has 1 heterocycles. The van der Waals surface area contributed by atoms with Crippen molar-refractivity contribution in [3.05, 3.63) is 53.9 Å². The molecule has 206 valence electrons. The fourth-order valence-corrected chi connectivity index (χ4v) is 4.71. The molecule has 8 nitrogen and oxygen atoms in total. The quantitative estimate of drug-likeness (QED) is 0.107. The number of benzene rings is 3. The fourth-order valence-electron chi connectivity index (χ4n) is 4.71. The van der Waals surface area contributed by atoms with Crippen LogP contribution in [0.1, 0.15) is 52.9 Å². The van der Waals surface area contributed by atoms with Crippen LogP contribution in [0.3, 0.4) is 0 Å². The number of hydrogen-bond donors (Lipinski definition) is 1. The average Bonchev–Trinajstić information content (AvgIpc) is 2.94. The molecule has 2 aliphatic rings. The summed E-state index contributed by atoms with van der Waals surface area (Å²) in [6, 6.07) is 16.2. The third-order valence-corrected chi connectivity index (χ3v) is 6.54. The van der Waals surface area contributed by atoms with Crippen molar-refractivity contribution >= 4 is 39.5 Å². The molecule has 2 aromatic rings. The van der Waals surface area contributed by atoms with Crippen molar-refractivity contribution in [1.82, 2.24) is 9.56 Å². The Morgan fingerprint density at radius 3 is 2.21 bits per heavy atom. The monoisotopic (exact) mass is 532 g/mol. The van der Waals surface area contributed by atoms with Crippen molar-refractivity contribution in [2.24, 2.45) is 0 Å². The number of nitrogens with zero attached hydrogens (tertiary/aromatic N) is 2. The van der Waals surface area contributed by atoms with E-state index in [2.05, 4.69) is 28.9 Å². The summed E-state index contributed by atoms with van der Waals surface area (Å²) in [4.78, 5) is 28.8. The van der Waals surface area contributed by atoms with Crippen LogP contribution in [0.25, 0.3) is 33.3 Å². The number of rotatable bonds is 13. The van der Waals surface area contributed by atoms with E-state index in [1.165, 1.54) is 0 Å². The number of carbonyl (C=O) groups is 2. The maximum absolute atomic E-state index is 11.9. The van der Waals surface area contributed by atoms with E-state index in [9.17, 15) is 9.59 Å². The lowest BCUT2D eigenvalue weighted by molar-refractivity contribution is -0.144. The summed E-state index contributed by atoms with van der Waals surface area (Å²) < 4.78 is 18.8. The minimum absolute atomic E-state index is 0.201. The van der Waals surface area contributed by atoms with Gasteiger partial charge in [-0.1, -0.05) is 31.2 Å². The van der Waals surface area contributed by atoms with E-state index in [4.69, 9.17) is 18.9 Å². The molecule has 1 N–H and O–H groups in total. The molecule has 0 fully saturated rings. The van der Waals surface area contributed by atoms with Crippen molar-refractivity contribution < 1.29 is 23.5 Å². The lowest BCUT2D eigenvalue weighted by Crippen LogP contribution is -2.32. The van der Waals surface area contributed by atoms with E-state index in [1.807, 2.05) is 50.2 Å². The molecule has 0 aromatic heterocycles. The Hall–Kier alpha value is -3.94. The van der Waals surface area contributed by atoms with Gasteiger partial charge in [0.2, 0.25) is 5.36 Å². The predicted molar refractivity (Wildman–Crippen MR) is 154 cm³/mol. The molecular weight excluding hydrogens is 494 g/mol. The molecule has 0 amide bonds. The Kier molecular flexibility index (Phi) is 9.89. The van der Waals surface area contributed by atoms with Gasteiger partial charge in [0.15, 0.2) is 11.3 Å². The number of nitrogens with one attached hydrogen (secondary N) is 1. The fraction of sp³-hybridized carbons (Fsp3) is 0.419. The zero-order chi connectivity index (χ0) is 27.6. The third kappa shape index (κ3) is 7.13. The van der Waals surface area contributed by atoms with E-state index >= 15 is 0 Å². The number of fused-ring (bicyclic) bond motifs is 4. The van der Waals surface area contributed by atoms with Crippen LogP contribution in [0, 0.1) is 0 Å². The third-order valence-electron chi connectivity index (χ3n) is 6.54. The molecule has 0 atom stereocenters. The van der Waals surface area contributed by atoms with Crippen LogP contribution in [0.15, 0.2) is 52.9 Å². The Bertz CT molecular complexity index is 1450. The SMILES string of the molecule is CCCNc1cc2oc3cc(=[N+](CCCC(=O)OCC)CCCC(=O)OCC)ccc-3nc2c2ccccc12. The summed E-state index contributed by atoms with van der Waals surface area (Å²) in [7, 11) is 0. The number of ether oxygens (including phenoxy) is 2. The molecule has 1 aliphatic carbocycles. The summed E-state index contributed by atoms with van der Waals surface area (Å²) in [5.74, 6) is 0.276. The lowest BCUT2D eigenvalue weighted by Gasteiger charge is -2.13. The van der Waals surface area contributed by atoms with Gasteiger partial charge in [0.25, 0.3) is 0 Å². The summed E-state index contributed by atoms with van der Waals surface area (Å²) >= 11 is 0. The van der Waals surface area contributed by atoms with Crippen molar-refractivity contribution in [3.8, 4) is 11.5 Å². The number of esters is 2. The van der Waals surface area contributed by atoms with Gasteiger partial charge in [0.05, 0.1) is 32.1 Å². The highest BCUT2D eigenvalue weighted by molar-refractivity contribution is 6.10. The first kappa shape index (κ1) is 28.1. The van der Waals surface area contributed by atoms with Crippen LogP contribution in [-0.4, -0.2) is 49.8 Å². The van der Waals surface area contributed by atoms with Crippen molar-refractivity contribution in [1.29, 1.82) is 0 Å². The van der Waals surface area contributed by atoms with Crippen LogP contribution in [0.5, 0.6) is 0 Å². The first-order valence-electron chi connectivity index (χ1n) is 13.9. The van der Waals surface area contributed by atoms with E-state index < -0.39 is 0 Å². The molecule has 4 rings (SSSR count). The average molecular weight is 533 g/mol. The van der Waals surface area contributed by atoms with Crippen LogP contribution in [0.4, 0.5) is 5.69 Å². The molecule has 2 aromatic carbocycles. The van der Waals surface area contributed by atoms with Crippen molar-refractivity contribution in [2.45, 2.75) is 52.9 Å². The highest BCUT2D eigenvalue weighted by Crippen LogP contribution is 2.34. The number of aromatic nitrogens is 1. The van der Waals surface area contributed by atoms with Gasteiger partial charge in [-0.2, -0.15) is 0 Å². The summed E-state index contributed by atoms with van der Waals surface area (Å²) in [5.41, 5.74) is 3.34. The van der Waals surface area contributed by atoms with E-state index in [0.717, 1.165) is 46.0 Å². The molecule has 39 heavy (non-hydrogen) atoms. The van der Waals surface area contributed by atoms with E-state index in [-0.39, 0.29) is 11.9 Å². The normalized spacial score (nSPS) is 11.2. The number of anilines is 1. The van der Waals surface area contributed by atoms with Gasteiger partial charge in [0, 0.05) is 48.0 Å². The van der Waals surface area contributed by atoms with Crippen molar-refractivity contribution in [2.75, 3.05) is 38.2 Å². The standard InChI is InChI=1S/C31H37N3O5/c1-4-17-32-26-21-28-31(24-12-8-7-11-23(24)26)33-25-16-15-22(20-27(25)39-28)34(18-9-13-29(35)37-5-2)19-10-14-30(36)38-6-3/h7-8,11-12,15-16,20-21H,4-6,9-10,13-14,17-19H2,1-3H3/p+1. The maximum atomic E-state index is 11.9. The van der Waals surface area contributed by atoms with Crippen LogP contribution in [0.2, 0.25) is 0 Å². The van der Waals surface area contributed by atoms with Crippen LogP contribution >= 0.6 is 0 Å². The lowest BCUT2D eigenvalue weighted by atomic mass is 10.1. The Morgan fingerprint density at radius 2 is 1.56 bits per heavy atom. The summed E-state index contributed by atoms with van der Waals surface area (Å²) in [6.45, 7) is 8.66.